The first-order chi connectivity index (χ1) is 13.4. The number of ether oxygens (including phenoxy) is 3. The van der Waals surface area contributed by atoms with Gasteiger partial charge in [-0.1, -0.05) is 0 Å². The number of carbonyl (C=O) groups excluding carboxylic acids is 2. The number of esters is 2. The Morgan fingerprint density at radius 2 is 1.61 bits per heavy atom. The molecule has 1 aliphatic heterocycles. The number of anilines is 1. The molecule has 0 saturated carbocycles. The summed E-state index contributed by atoms with van der Waals surface area (Å²) in [7, 11) is -3.61. The zero-order valence-electron chi connectivity index (χ0n) is 15.7. The molecule has 1 N–H and O–H groups in total. The van der Waals surface area contributed by atoms with E-state index in [1.54, 1.807) is 13.8 Å². The molecule has 0 aliphatic carbocycles. The number of benzene rings is 1. The Morgan fingerprint density at radius 3 is 2.11 bits per heavy atom. The molecule has 1 aromatic rings. The summed E-state index contributed by atoms with van der Waals surface area (Å²) in [5, 5.41) is 3.75. The maximum atomic E-state index is 12.6. The van der Waals surface area contributed by atoms with Crippen molar-refractivity contribution in [2.75, 3.05) is 44.9 Å². The SMILES string of the molecule is CCOC(=O)C(=NNc1ccc(S(=O)(=O)N2CCOCC2)cc1)C(=O)OCC. The normalized spacial score (nSPS) is 14.8. The van der Waals surface area contributed by atoms with Gasteiger partial charge in [-0.15, -0.1) is 0 Å². The first-order valence-electron chi connectivity index (χ1n) is 8.76. The molecule has 0 radical (unpaired) electrons. The van der Waals surface area contributed by atoms with Crippen LogP contribution in [0.5, 0.6) is 0 Å². The molecule has 1 aliphatic rings. The molecule has 154 valence electrons. The molecule has 0 amide bonds. The average Bonchev–Trinajstić information content (AvgIpc) is 2.69. The Bertz CT molecular complexity index is 796. The Hall–Kier alpha value is -2.50. The summed E-state index contributed by atoms with van der Waals surface area (Å²) in [6, 6.07) is 5.78. The van der Waals surface area contributed by atoms with Crippen LogP contribution in [-0.4, -0.2) is 69.9 Å². The van der Waals surface area contributed by atoms with Crippen molar-refractivity contribution in [3.05, 3.63) is 24.3 Å². The van der Waals surface area contributed by atoms with E-state index in [2.05, 4.69) is 10.5 Å². The Morgan fingerprint density at radius 1 is 1.07 bits per heavy atom. The van der Waals surface area contributed by atoms with Crippen LogP contribution < -0.4 is 5.43 Å². The second-order valence-corrected chi connectivity index (χ2v) is 7.49. The molecular weight excluding hydrogens is 390 g/mol. The molecule has 2 rings (SSSR count). The summed E-state index contributed by atoms with van der Waals surface area (Å²) < 4.78 is 41.3. The van der Waals surface area contributed by atoms with Crippen molar-refractivity contribution in [3.8, 4) is 0 Å². The topological polar surface area (TPSA) is 124 Å². The number of rotatable bonds is 8. The molecule has 11 heteroatoms. The fourth-order valence-electron chi connectivity index (χ4n) is 2.33. The Labute approximate surface area is 163 Å². The number of sulfonamides is 1. The maximum absolute atomic E-state index is 12.6. The van der Waals surface area contributed by atoms with Crippen molar-refractivity contribution in [1.29, 1.82) is 0 Å². The first kappa shape index (κ1) is 21.8. The van der Waals surface area contributed by atoms with Crippen molar-refractivity contribution in [2.24, 2.45) is 5.10 Å². The van der Waals surface area contributed by atoms with Gasteiger partial charge in [0.05, 0.1) is 37.0 Å². The monoisotopic (exact) mass is 413 g/mol. The summed E-state index contributed by atoms with van der Waals surface area (Å²) in [6.07, 6.45) is 0. The molecule has 0 unspecified atom stereocenters. The zero-order chi connectivity index (χ0) is 20.6. The summed E-state index contributed by atoms with van der Waals surface area (Å²) in [5.74, 6) is -1.83. The molecule has 1 saturated heterocycles. The fourth-order valence-corrected chi connectivity index (χ4v) is 3.74. The third-order valence-corrected chi connectivity index (χ3v) is 5.61. The van der Waals surface area contributed by atoms with Crippen molar-refractivity contribution in [2.45, 2.75) is 18.7 Å². The number of hydrogen-bond acceptors (Lipinski definition) is 9. The summed E-state index contributed by atoms with van der Waals surface area (Å²) >= 11 is 0. The lowest BCUT2D eigenvalue weighted by Crippen LogP contribution is -2.40. The minimum Gasteiger partial charge on any atom is -0.461 e. The minimum atomic E-state index is -3.61. The molecule has 0 aromatic heterocycles. The highest BCUT2D eigenvalue weighted by Gasteiger charge is 2.26. The number of carbonyl (C=O) groups is 2. The Balaban J connectivity index is 2.14. The van der Waals surface area contributed by atoms with E-state index >= 15 is 0 Å². The van der Waals surface area contributed by atoms with Crippen molar-refractivity contribution in [1.82, 2.24) is 4.31 Å². The third kappa shape index (κ3) is 5.50. The van der Waals surface area contributed by atoms with Crippen molar-refractivity contribution in [3.63, 3.8) is 0 Å². The van der Waals surface area contributed by atoms with Gasteiger partial charge in [0.15, 0.2) is 0 Å². The standard InChI is InChI=1S/C17H23N3O7S/c1-3-26-16(21)15(17(22)27-4-2)19-18-13-5-7-14(8-6-13)28(23,24)20-9-11-25-12-10-20/h5-8,18H,3-4,9-12H2,1-2H3. The number of hydrogen-bond donors (Lipinski definition) is 1. The summed E-state index contributed by atoms with van der Waals surface area (Å²) in [5.41, 5.74) is 2.39. The molecule has 0 atom stereocenters. The highest BCUT2D eigenvalue weighted by molar-refractivity contribution is 7.89. The Kier molecular flexibility index (Phi) is 7.91. The average molecular weight is 413 g/mol. The van der Waals surface area contributed by atoms with E-state index in [-0.39, 0.29) is 18.1 Å². The van der Waals surface area contributed by atoms with Gasteiger partial charge in [-0.25, -0.2) is 18.0 Å². The van der Waals surface area contributed by atoms with Gasteiger partial charge in [0.2, 0.25) is 10.0 Å². The predicted molar refractivity (Wildman–Crippen MR) is 100 cm³/mol. The first-order valence-corrected chi connectivity index (χ1v) is 10.2. The number of nitrogens with zero attached hydrogens (tertiary/aromatic N) is 2. The van der Waals surface area contributed by atoms with E-state index in [4.69, 9.17) is 14.2 Å². The van der Waals surface area contributed by atoms with Crippen LogP contribution in [0.2, 0.25) is 0 Å². The highest BCUT2D eigenvalue weighted by Crippen LogP contribution is 2.19. The van der Waals surface area contributed by atoms with Gasteiger partial charge >= 0.3 is 11.9 Å². The van der Waals surface area contributed by atoms with Crippen molar-refractivity contribution < 1.29 is 32.2 Å². The quantitative estimate of drug-likeness (QED) is 0.284. The van der Waals surface area contributed by atoms with E-state index in [9.17, 15) is 18.0 Å². The van der Waals surface area contributed by atoms with Crippen LogP contribution >= 0.6 is 0 Å². The van der Waals surface area contributed by atoms with E-state index in [0.717, 1.165) is 0 Å². The lowest BCUT2D eigenvalue weighted by molar-refractivity contribution is -0.140. The largest absolute Gasteiger partial charge is 0.461 e. The molecule has 1 aromatic carbocycles. The zero-order valence-corrected chi connectivity index (χ0v) is 16.5. The smallest absolute Gasteiger partial charge is 0.366 e. The third-order valence-electron chi connectivity index (χ3n) is 3.70. The van der Waals surface area contributed by atoms with Crippen LogP contribution in [0.3, 0.4) is 0 Å². The minimum absolute atomic E-state index is 0.0748. The fraction of sp³-hybridized carbons (Fsp3) is 0.471. The van der Waals surface area contributed by atoms with Gasteiger partial charge in [0, 0.05) is 13.1 Å². The highest BCUT2D eigenvalue weighted by atomic mass is 32.2. The van der Waals surface area contributed by atoms with E-state index < -0.39 is 27.7 Å². The van der Waals surface area contributed by atoms with Crippen LogP contribution in [-0.2, 0) is 33.8 Å². The van der Waals surface area contributed by atoms with Crippen LogP contribution in [0.1, 0.15) is 13.8 Å². The molecule has 0 bridgehead atoms. The molecule has 1 heterocycles. The second kappa shape index (κ2) is 10.2. The van der Waals surface area contributed by atoms with E-state index in [1.165, 1.54) is 28.6 Å². The molecular formula is C17H23N3O7S. The van der Waals surface area contributed by atoms with E-state index in [1.807, 2.05) is 0 Å². The maximum Gasteiger partial charge on any atom is 0.366 e. The van der Waals surface area contributed by atoms with Gasteiger partial charge in [-0.3, -0.25) is 5.43 Å². The number of nitrogens with one attached hydrogen (secondary N) is 1. The molecule has 10 nitrogen and oxygen atoms in total. The van der Waals surface area contributed by atoms with Gasteiger partial charge < -0.3 is 14.2 Å². The van der Waals surface area contributed by atoms with Crippen LogP contribution in [0.15, 0.2) is 34.3 Å². The van der Waals surface area contributed by atoms with Crippen LogP contribution in [0.4, 0.5) is 5.69 Å². The number of hydrazone groups is 1. The molecule has 1 fully saturated rings. The molecule has 0 spiro atoms. The van der Waals surface area contributed by atoms with Gasteiger partial charge in [0.1, 0.15) is 0 Å². The van der Waals surface area contributed by atoms with Gasteiger partial charge in [-0.2, -0.15) is 9.41 Å². The lowest BCUT2D eigenvalue weighted by Gasteiger charge is -2.26. The van der Waals surface area contributed by atoms with Gasteiger partial charge in [-0.05, 0) is 38.1 Å². The van der Waals surface area contributed by atoms with Crippen LogP contribution in [0, 0.1) is 0 Å². The predicted octanol–water partition coefficient (Wildman–Crippen LogP) is 0.602. The summed E-state index contributed by atoms with van der Waals surface area (Å²) in [6.45, 7) is 4.67. The van der Waals surface area contributed by atoms with Crippen LogP contribution in [0.25, 0.3) is 0 Å². The van der Waals surface area contributed by atoms with Gasteiger partial charge in [0.25, 0.3) is 5.71 Å². The summed E-state index contributed by atoms with van der Waals surface area (Å²) in [4.78, 5) is 23.8. The molecule has 28 heavy (non-hydrogen) atoms. The van der Waals surface area contributed by atoms with Crippen molar-refractivity contribution >= 4 is 33.4 Å². The number of morpholine rings is 1. The lowest BCUT2D eigenvalue weighted by atomic mass is 10.3. The second-order valence-electron chi connectivity index (χ2n) is 5.55. The van der Waals surface area contributed by atoms with E-state index in [0.29, 0.717) is 32.0 Å².